The summed E-state index contributed by atoms with van der Waals surface area (Å²) in [5.74, 6) is 0.927. The Labute approximate surface area is 203 Å². The van der Waals surface area contributed by atoms with E-state index in [4.69, 9.17) is 10.1 Å². The van der Waals surface area contributed by atoms with E-state index < -0.39 is 0 Å². The number of anilines is 1. The molecule has 5 rings (SSSR count). The number of nitrogens with one attached hydrogen (secondary N) is 2. The van der Waals surface area contributed by atoms with Crippen LogP contribution in [0.1, 0.15) is 36.1 Å². The maximum atomic E-state index is 5.05. The molecule has 0 bridgehead atoms. The van der Waals surface area contributed by atoms with Crippen LogP contribution in [-0.4, -0.2) is 59.3 Å². The molecule has 34 heavy (non-hydrogen) atoms. The number of hydrogen-bond acceptors (Lipinski definition) is 4. The third-order valence-electron chi connectivity index (χ3n) is 6.80. The van der Waals surface area contributed by atoms with Gasteiger partial charge in [0.05, 0.1) is 12.2 Å². The fourth-order valence-corrected chi connectivity index (χ4v) is 4.90. The number of aryl methyl sites for hydroxylation is 2. The quantitative estimate of drug-likeness (QED) is 0.538. The summed E-state index contributed by atoms with van der Waals surface area (Å²) in [6.45, 7) is 5.93. The summed E-state index contributed by atoms with van der Waals surface area (Å²) >= 11 is 0. The average Bonchev–Trinajstić information content (AvgIpc) is 3.23. The third kappa shape index (κ3) is 6.06. The zero-order chi connectivity index (χ0) is 23.0. The van der Waals surface area contributed by atoms with Crippen LogP contribution in [0.3, 0.4) is 0 Å². The monoisotopic (exact) mass is 456 g/mol. The molecule has 1 aromatic heterocycles. The second-order valence-electron chi connectivity index (χ2n) is 9.43. The Bertz CT molecular complexity index is 1050. The van der Waals surface area contributed by atoms with Gasteiger partial charge in [-0.05, 0) is 49.9 Å². The van der Waals surface area contributed by atoms with Crippen molar-refractivity contribution in [2.45, 2.75) is 44.7 Å². The molecule has 1 saturated heterocycles. The lowest BCUT2D eigenvalue weighted by Crippen LogP contribution is -2.40. The number of aliphatic imine (C=N–C) groups is 1. The van der Waals surface area contributed by atoms with Gasteiger partial charge in [0.1, 0.15) is 0 Å². The molecule has 0 spiro atoms. The van der Waals surface area contributed by atoms with Crippen molar-refractivity contribution in [1.82, 2.24) is 20.0 Å². The van der Waals surface area contributed by atoms with Crippen molar-refractivity contribution < 1.29 is 0 Å². The predicted molar refractivity (Wildman–Crippen MR) is 140 cm³/mol. The maximum absolute atomic E-state index is 5.05. The highest BCUT2D eigenvalue weighted by molar-refractivity contribution is 6.02. The molecule has 1 unspecified atom stereocenters. The highest BCUT2D eigenvalue weighted by Gasteiger charge is 2.23. The minimum atomic E-state index is 0.267. The van der Waals surface area contributed by atoms with E-state index in [2.05, 4.69) is 87.1 Å². The van der Waals surface area contributed by atoms with Gasteiger partial charge < -0.3 is 15.5 Å². The summed E-state index contributed by atoms with van der Waals surface area (Å²) in [4.78, 5) is 7.60. The molecule has 1 fully saturated rings. The number of likely N-dealkylation sites (tertiary alicyclic amines) is 1. The summed E-state index contributed by atoms with van der Waals surface area (Å²) in [5.41, 5.74) is 4.69. The Hall–Kier alpha value is -3.12. The first-order valence-corrected chi connectivity index (χ1v) is 12.8. The number of benzene rings is 2. The second kappa shape index (κ2) is 11.3. The smallest absolute Gasteiger partial charge is 0.151 e. The minimum absolute atomic E-state index is 0.267. The first kappa shape index (κ1) is 22.7. The Morgan fingerprint density at radius 1 is 0.882 bits per heavy atom. The molecule has 2 aromatic carbocycles. The molecule has 2 aliphatic rings. The molecule has 3 aromatic rings. The number of fused-ring (bicyclic) bond motifs is 1. The minimum Gasteiger partial charge on any atom is -0.380 e. The van der Waals surface area contributed by atoms with Crippen LogP contribution < -0.4 is 10.6 Å². The van der Waals surface area contributed by atoms with Crippen molar-refractivity contribution in [3.8, 4) is 0 Å². The number of aromatic nitrogens is 2. The molecule has 6 heteroatoms. The molecule has 178 valence electrons. The van der Waals surface area contributed by atoms with E-state index >= 15 is 0 Å². The lowest BCUT2D eigenvalue weighted by molar-refractivity contribution is 0.235. The van der Waals surface area contributed by atoms with E-state index in [1.165, 1.54) is 43.5 Å². The summed E-state index contributed by atoms with van der Waals surface area (Å²) < 4.78 is 2.06. The molecule has 0 aliphatic carbocycles. The molecule has 2 N–H and O–H groups in total. The first-order valence-electron chi connectivity index (χ1n) is 12.8. The maximum Gasteiger partial charge on any atom is 0.151 e. The van der Waals surface area contributed by atoms with Crippen LogP contribution in [0.4, 0.5) is 5.69 Å². The summed E-state index contributed by atoms with van der Waals surface area (Å²) in [5, 5.41) is 12.3. The molecule has 3 heterocycles. The number of hydrogen-bond donors (Lipinski definition) is 2. The molecule has 0 amide bonds. The van der Waals surface area contributed by atoms with Crippen molar-refractivity contribution in [3.05, 3.63) is 83.7 Å². The van der Waals surface area contributed by atoms with Gasteiger partial charge in [-0.2, -0.15) is 5.10 Å². The van der Waals surface area contributed by atoms with E-state index in [9.17, 15) is 0 Å². The van der Waals surface area contributed by atoms with Gasteiger partial charge in [0, 0.05) is 31.9 Å². The number of rotatable bonds is 8. The highest BCUT2D eigenvalue weighted by Crippen LogP contribution is 2.19. The van der Waals surface area contributed by atoms with E-state index in [0.29, 0.717) is 0 Å². The Kier molecular flexibility index (Phi) is 7.56. The van der Waals surface area contributed by atoms with E-state index in [0.717, 1.165) is 56.2 Å². The molecular weight excluding hydrogens is 420 g/mol. The van der Waals surface area contributed by atoms with E-state index in [1.807, 2.05) is 0 Å². The number of nitrogens with zero attached hydrogens (tertiary/aromatic N) is 4. The lowest BCUT2D eigenvalue weighted by Gasteiger charge is -2.25. The van der Waals surface area contributed by atoms with Gasteiger partial charge in [-0.15, -0.1) is 0 Å². The normalized spacial score (nSPS) is 19.8. The van der Waals surface area contributed by atoms with E-state index in [1.54, 1.807) is 0 Å². The van der Waals surface area contributed by atoms with Gasteiger partial charge in [0.25, 0.3) is 0 Å². The first-order chi connectivity index (χ1) is 16.8. The van der Waals surface area contributed by atoms with Crippen molar-refractivity contribution >= 4 is 11.5 Å². The van der Waals surface area contributed by atoms with Crippen LogP contribution in [0, 0.1) is 0 Å². The summed E-state index contributed by atoms with van der Waals surface area (Å²) in [6, 6.07) is 21.6. The summed E-state index contributed by atoms with van der Waals surface area (Å²) in [7, 11) is 0. The van der Waals surface area contributed by atoms with Crippen molar-refractivity contribution in [2.24, 2.45) is 4.99 Å². The molecule has 6 nitrogen and oxygen atoms in total. The fourth-order valence-electron chi connectivity index (χ4n) is 4.90. The van der Waals surface area contributed by atoms with Crippen molar-refractivity contribution in [1.29, 1.82) is 0 Å². The SMILES string of the molecule is c1ccc(CCn2cc3c(n2)C(=NCCN2CCCCC2)NC(Cc2ccccc2)CN3)cc1. The third-order valence-corrected chi connectivity index (χ3v) is 6.80. The highest BCUT2D eigenvalue weighted by atomic mass is 15.3. The lowest BCUT2D eigenvalue weighted by atomic mass is 10.1. The zero-order valence-corrected chi connectivity index (χ0v) is 20.0. The van der Waals surface area contributed by atoms with Gasteiger partial charge in [0.2, 0.25) is 0 Å². The molecule has 1 atom stereocenters. The van der Waals surface area contributed by atoms with Crippen LogP contribution in [-0.2, 0) is 19.4 Å². The predicted octanol–water partition coefficient (Wildman–Crippen LogP) is 3.98. The van der Waals surface area contributed by atoms with Crippen molar-refractivity contribution in [3.63, 3.8) is 0 Å². The van der Waals surface area contributed by atoms with Gasteiger partial charge in [-0.25, -0.2) is 0 Å². The van der Waals surface area contributed by atoms with Gasteiger partial charge >= 0.3 is 0 Å². The zero-order valence-electron chi connectivity index (χ0n) is 20.0. The van der Waals surface area contributed by atoms with E-state index in [-0.39, 0.29) is 6.04 Å². The van der Waals surface area contributed by atoms with Crippen LogP contribution in [0.25, 0.3) is 0 Å². The summed E-state index contributed by atoms with van der Waals surface area (Å²) in [6.07, 6.45) is 8.06. The Morgan fingerprint density at radius 3 is 2.38 bits per heavy atom. The molecule has 0 radical (unpaired) electrons. The van der Waals surface area contributed by atoms with Crippen molar-refractivity contribution in [2.75, 3.05) is 38.0 Å². The van der Waals surface area contributed by atoms with Crippen LogP contribution >= 0.6 is 0 Å². The topological polar surface area (TPSA) is 57.5 Å². The van der Waals surface area contributed by atoms with Gasteiger partial charge in [-0.1, -0.05) is 67.1 Å². The Morgan fingerprint density at radius 2 is 1.62 bits per heavy atom. The average molecular weight is 457 g/mol. The standard InChI is InChI=1S/C28H36N6/c1-4-10-23(11-5-1)14-18-34-22-26-27(32-34)28(29-15-19-33-16-8-3-9-17-33)31-25(21-30-26)20-24-12-6-2-7-13-24/h1-2,4-7,10-13,22,25,30H,3,8-9,14-21H2,(H,29,31). The fraction of sp³-hybridized carbons (Fsp3) is 0.429. The van der Waals surface area contributed by atoms with Gasteiger partial charge in [-0.3, -0.25) is 9.67 Å². The second-order valence-corrected chi connectivity index (χ2v) is 9.43. The largest absolute Gasteiger partial charge is 0.380 e. The number of piperidine rings is 1. The van der Waals surface area contributed by atoms with Crippen LogP contribution in [0.5, 0.6) is 0 Å². The Balaban J connectivity index is 1.31. The van der Waals surface area contributed by atoms with Gasteiger partial charge in [0.15, 0.2) is 11.5 Å². The number of amidine groups is 1. The molecule has 0 saturated carbocycles. The molecular formula is C28H36N6. The van der Waals surface area contributed by atoms with Crippen LogP contribution in [0.15, 0.2) is 71.9 Å². The molecule has 2 aliphatic heterocycles. The van der Waals surface area contributed by atoms with Crippen LogP contribution in [0.2, 0.25) is 0 Å².